The minimum Gasteiger partial charge on any atom is -0.481 e. The summed E-state index contributed by atoms with van der Waals surface area (Å²) in [6.45, 7) is 3.75. The summed E-state index contributed by atoms with van der Waals surface area (Å²) >= 11 is 0. The van der Waals surface area contributed by atoms with E-state index in [1.54, 1.807) is 25.4 Å². The third kappa shape index (κ3) is 2.20. The fourth-order valence-corrected chi connectivity index (χ4v) is 1.86. The monoisotopic (exact) mass is 230 g/mol. The molecular formula is C13H14N2O2. The summed E-state index contributed by atoms with van der Waals surface area (Å²) in [6, 6.07) is 5.17. The van der Waals surface area contributed by atoms with Gasteiger partial charge in [0.05, 0.1) is 7.11 Å². The van der Waals surface area contributed by atoms with Crippen LogP contribution in [0.15, 0.2) is 29.2 Å². The van der Waals surface area contributed by atoms with Gasteiger partial charge in [-0.25, -0.2) is 4.98 Å². The van der Waals surface area contributed by atoms with Crippen molar-refractivity contribution in [3.63, 3.8) is 0 Å². The van der Waals surface area contributed by atoms with E-state index in [1.165, 1.54) is 0 Å². The van der Waals surface area contributed by atoms with Gasteiger partial charge in [0.1, 0.15) is 0 Å². The largest absolute Gasteiger partial charge is 0.481 e. The van der Waals surface area contributed by atoms with Gasteiger partial charge in [-0.1, -0.05) is 0 Å². The molecule has 0 aromatic carbocycles. The molecule has 0 unspecified atom stereocenters. The molecule has 88 valence electrons. The first kappa shape index (κ1) is 11.4. The fourth-order valence-electron chi connectivity index (χ4n) is 1.86. The Morgan fingerprint density at radius 2 is 2.06 bits per heavy atom. The maximum absolute atomic E-state index is 11.9. The van der Waals surface area contributed by atoms with Crippen LogP contribution in [0.2, 0.25) is 0 Å². The zero-order valence-electron chi connectivity index (χ0n) is 10.1. The minimum atomic E-state index is 0.00529. The van der Waals surface area contributed by atoms with Crippen LogP contribution in [0.25, 0.3) is 11.1 Å². The second-order valence-corrected chi connectivity index (χ2v) is 3.91. The van der Waals surface area contributed by atoms with E-state index in [9.17, 15) is 4.79 Å². The molecule has 0 aliphatic carbocycles. The molecule has 17 heavy (non-hydrogen) atoms. The summed E-state index contributed by atoms with van der Waals surface area (Å²) in [4.78, 5) is 19.2. The van der Waals surface area contributed by atoms with Gasteiger partial charge in [0.25, 0.3) is 0 Å². The predicted molar refractivity (Wildman–Crippen MR) is 66.3 cm³/mol. The lowest BCUT2D eigenvalue weighted by molar-refractivity contribution is 0.398. The molecule has 2 aromatic rings. The van der Waals surface area contributed by atoms with Crippen LogP contribution in [0.1, 0.15) is 11.4 Å². The minimum absolute atomic E-state index is 0.00529. The molecular weight excluding hydrogens is 216 g/mol. The number of aromatic amines is 1. The number of methoxy groups -OCH3 is 1. The van der Waals surface area contributed by atoms with Crippen LogP contribution in [0.3, 0.4) is 0 Å². The van der Waals surface area contributed by atoms with Gasteiger partial charge in [-0.15, -0.1) is 0 Å². The van der Waals surface area contributed by atoms with Gasteiger partial charge in [0.15, 0.2) is 5.43 Å². The van der Waals surface area contributed by atoms with Crippen LogP contribution in [-0.2, 0) is 0 Å². The third-order valence-electron chi connectivity index (χ3n) is 2.59. The van der Waals surface area contributed by atoms with E-state index in [-0.39, 0.29) is 5.43 Å². The van der Waals surface area contributed by atoms with Crippen molar-refractivity contribution in [2.45, 2.75) is 13.8 Å². The fraction of sp³-hybridized carbons (Fsp3) is 0.231. The van der Waals surface area contributed by atoms with Crippen molar-refractivity contribution < 1.29 is 4.74 Å². The molecule has 4 heteroatoms. The van der Waals surface area contributed by atoms with Crippen LogP contribution in [0, 0.1) is 13.8 Å². The lowest BCUT2D eigenvalue weighted by atomic mass is 10.1. The smallest absolute Gasteiger partial charge is 0.212 e. The van der Waals surface area contributed by atoms with Crippen LogP contribution in [-0.4, -0.2) is 17.1 Å². The van der Waals surface area contributed by atoms with E-state index in [0.29, 0.717) is 11.4 Å². The summed E-state index contributed by atoms with van der Waals surface area (Å²) in [6.07, 6.45) is 1.64. The van der Waals surface area contributed by atoms with Gasteiger partial charge in [-0.3, -0.25) is 4.79 Å². The Kier molecular flexibility index (Phi) is 2.95. The van der Waals surface area contributed by atoms with Crippen molar-refractivity contribution in [3.8, 4) is 17.0 Å². The Morgan fingerprint density at radius 3 is 2.59 bits per heavy atom. The molecule has 0 aliphatic heterocycles. The van der Waals surface area contributed by atoms with E-state index in [2.05, 4.69) is 9.97 Å². The molecule has 0 spiro atoms. The molecule has 2 heterocycles. The number of pyridine rings is 2. The molecule has 0 amide bonds. The van der Waals surface area contributed by atoms with Crippen molar-refractivity contribution in [3.05, 3.63) is 46.0 Å². The number of aromatic nitrogens is 2. The summed E-state index contributed by atoms with van der Waals surface area (Å²) in [5.41, 5.74) is 3.17. The second-order valence-electron chi connectivity index (χ2n) is 3.91. The van der Waals surface area contributed by atoms with E-state index in [1.807, 2.05) is 19.9 Å². The number of nitrogens with one attached hydrogen (secondary N) is 1. The molecule has 0 saturated heterocycles. The lowest BCUT2D eigenvalue weighted by Gasteiger charge is -2.06. The summed E-state index contributed by atoms with van der Waals surface area (Å²) < 4.78 is 4.99. The first-order valence-corrected chi connectivity index (χ1v) is 5.33. The Bertz CT molecular complexity index is 585. The molecule has 0 bridgehead atoms. The van der Waals surface area contributed by atoms with Gasteiger partial charge >= 0.3 is 0 Å². The van der Waals surface area contributed by atoms with Crippen LogP contribution >= 0.6 is 0 Å². The Morgan fingerprint density at radius 1 is 1.29 bits per heavy atom. The van der Waals surface area contributed by atoms with Crippen LogP contribution in [0.4, 0.5) is 0 Å². The molecule has 1 N–H and O–H groups in total. The summed E-state index contributed by atoms with van der Waals surface area (Å²) in [5.74, 6) is 0.537. The van der Waals surface area contributed by atoms with E-state index in [4.69, 9.17) is 4.74 Å². The Hall–Kier alpha value is -2.10. The number of hydrogen-bond acceptors (Lipinski definition) is 3. The van der Waals surface area contributed by atoms with Gasteiger partial charge in [-0.05, 0) is 19.9 Å². The van der Waals surface area contributed by atoms with E-state index < -0.39 is 0 Å². The van der Waals surface area contributed by atoms with Crippen molar-refractivity contribution >= 4 is 0 Å². The number of ether oxygens (including phenoxy) is 1. The van der Waals surface area contributed by atoms with Gasteiger partial charge in [-0.2, -0.15) is 0 Å². The summed E-state index contributed by atoms with van der Waals surface area (Å²) in [5, 5.41) is 0. The topological polar surface area (TPSA) is 55.0 Å². The zero-order chi connectivity index (χ0) is 12.4. The second kappa shape index (κ2) is 4.41. The normalized spacial score (nSPS) is 10.3. The maximum atomic E-state index is 11.9. The number of hydrogen-bond donors (Lipinski definition) is 1. The average molecular weight is 230 g/mol. The highest BCUT2D eigenvalue weighted by Crippen LogP contribution is 2.19. The Balaban J connectivity index is 2.56. The molecule has 2 aromatic heterocycles. The number of aryl methyl sites for hydroxylation is 2. The molecule has 4 nitrogen and oxygen atoms in total. The van der Waals surface area contributed by atoms with E-state index in [0.717, 1.165) is 17.0 Å². The molecule has 0 aliphatic rings. The van der Waals surface area contributed by atoms with Gasteiger partial charge in [0, 0.05) is 40.8 Å². The Labute approximate surface area is 99.3 Å². The standard InChI is InChI=1S/C13H14N2O2/c1-8-6-11(16)13(9(2)15-8)10-4-5-12(17-3)14-7-10/h4-7H,1-3H3,(H,15,16). The lowest BCUT2D eigenvalue weighted by Crippen LogP contribution is -2.08. The highest BCUT2D eigenvalue weighted by molar-refractivity contribution is 5.65. The van der Waals surface area contributed by atoms with E-state index >= 15 is 0 Å². The van der Waals surface area contributed by atoms with Crippen molar-refractivity contribution in [1.29, 1.82) is 0 Å². The third-order valence-corrected chi connectivity index (χ3v) is 2.59. The van der Waals surface area contributed by atoms with Crippen LogP contribution < -0.4 is 10.2 Å². The maximum Gasteiger partial charge on any atom is 0.212 e. The highest BCUT2D eigenvalue weighted by Gasteiger charge is 2.08. The number of H-pyrrole nitrogens is 1. The van der Waals surface area contributed by atoms with Crippen molar-refractivity contribution in [2.75, 3.05) is 7.11 Å². The molecule has 0 atom stereocenters. The molecule has 0 saturated carbocycles. The molecule has 2 rings (SSSR count). The van der Waals surface area contributed by atoms with Gasteiger partial charge in [0.2, 0.25) is 5.88 Å². The first-order chi connectivity index (χ1) is 8.11. The predicted octanol–water partition coefficient (Wildman–Crippen LogP) is 2.06. The molecule has 0 radical (unpaired) electrons. The van der Waals surface area contributed by atoms with Crippen LogP contribution in [0.5, 0.6) is 5.88 Å². The average Bonchev–Trinajstić information content (AvgIpc) is 2.28. The number of nitrogens with zero attached hydrogens (tertiary/aromatic N) is 1. The zero-order valence-corrected chi connectivity index (χ0v) is 10.1. The van der Waals surface area contributed by atoms with Crippen molar-refractivity contribution in [1.82, 2.24) is 9.97 Å². The first-order valence-electron chi connectivity index (χ1n) is 5.33. The number of rotatable bonds is 2. The SMILES string of the molecule is COc1ccc(-c2c(C)[nH]c(C)cc2=O)cn1. The molecule has 0 fully saturated rings. The quantitative estimate of drug-likeness (QED) is 0.859. The van der Waals surface area contributed by atoms with Gasteiger partial charge < -0.3 is 9.72 Å². The summed E-state index contributed by atoms with van der Waals surface area (Å²) in [7, 11) is 1.56. The van der Waals surface area contributed by atoms with Crippen molar-refractivity contribution in [2.24, 2.45) is 0 Å². The highest BCUT2D eigenvalue weighted by atomic mass is 16.5.